The molecule has 3 rings (SSSR count). The summed E-state index contributed by atoms with van der Waals surface area (Å²) in [7, 11) is -2.39. The first-order valence-corrected chi connectivity index (χ1v) is 11.0. The number of halogens is 1. The zero-order valence-corrected chi connectivity index (χ0v) is 16.9. The molecule has 1 N–H and O–H groups in total. The number of nitrogens with zero attached hydrogens (tertiary/aromatic N) is 1. The van der Waals surface area contributed by atoms with Crippen molar-refractivity contribution < 1.29 is 22.7 Å². The Balaban J connectivity index is 1.69. The van der Waals surface area contributed by atoms with E-state index in [0.717, 1.165) is 19.4 Å². The Morgan fingerprint density at radius 2 is 2.19 bits per heavy atom. The van der Waals surface area contributed by atoms with E-state index in [0.29, 0.717) is 31.0 Å². The summed E-state index contributed by atoms with van der Waals surface area (Å²) in [4.78, 5) is 12.5. The van der Waals surface area contributed by atoms with E-state index < -0.39 is 10.0 Å². The monoisotopic (exact) mass is 416 g/mol. The zero-order valence-electron chi connectivity index (χ0n) is 15.3. The Bertz CT molecular complexity index is 780. The van der Waals surface area contributed by atoms with Crippen LogP contribution in [-0.4, -0.2) is 58.1 Å². The molecule has 0 aliphatic carbocycles. The minimum atomic E-state index is -3.81. The molecule has 27 heavy (non-hydrogen) atoms. The van der Waals surface area contributed by atoms with Crippen LogP contribution in [0.15, 0.2) is 23.1 Å². The molecule has 2 aliphatic heterocycles. The van der Waals surface area contributed by atoms with E-state index in [1.54, 1.807) is 6.07 Å². The predicted molar refractivity (Wildman–Crippen MR) is 101 cm³/mol. The highest BCUT2D eigenvalue weighted by Crippen LogP contribution is 2.32. The number of benzene rings is 1. The van der Waals surface area contributed by atoms with Crippen LogP contribution in [0.4, 0.5) is 0 Å². The lowest BCUT2D eigenvalue weighted by molar-refractivity contribution is -0.126. The topological polar surface area (TPSA) is 84.9 Å². The average Bonchev–Trinajstić information content (AvgIpc) is 3.19. The van der Waals surface area contributed by atoms with E-state index in [9.17, 15) is 13.2 Å². The van der Waals surface area contributed by atoms with Crippen LogP contribution in [0.2, 0.25) is 5.02 Å². The summed E-state index contributed by atoms with van der Waals surface area (Å²) in [5.41, 5.74) is 0. The molecule has 0 aromatic heterocycles. The molecule has 0 saturated carbocycles. The van der Waals surface area contributed by atoms with Gasteiger partial charge in [0, 0.05) is 31.3 Å². The third-order valence-electron chi connectivity index (χ3n) is 5.03. The number of carbonyl (C=O) groups excluding carboxylic acids is 1. The van der Waals surface area contributed by atoms with Gasteiger partial charge in [0.05, 0.1) is 19.1 Å². The van der Waals surface area contributed by atoms with Crippen molar-refractivity contribution in [1.82, 2.24) is 9.62 Å². The van der Waals surface area contributed by atoms with Crippen LogP contribution in [0, 0.1) is 5.92 Å². The molecule has 2 atom stereocenters. The Labute approximate surface area is 165 Å². The highest BCUT2D eigenvalue weighted by atomic mass is 35.5. The predicted octanol–water partition coefficient (Wildman–Crippen LogP) is 2.04. The quantitative estimate of drug-likeness (QED) is 0.767. The molecule has 2 fully saturated rings. The number of hydrogen-bond acceptors (Lipinski definition) is 5. The molecule has 0 bridgehead atoms. The number of carbonyl (C=O) groups is 1. The summed E-state index contributed by atoms with van der Waals surface area (Å²) in [6.07, 6.45) is 3.31. The van der Waals surface area contributed by atoms with Crippen LogP contribution in [-0.2, 0) is 19.6 Å². The maximum Gasteiger partial charge on any atom is 0.246 e. The lowest BCUT2D eigenvalue weighted by Crippen LogP contribution is -2.46. The fourth-order valence-corrected chi connectivity index (χ4v) is 5.47. The van der Waals surface area contributed by atoms with Crippen molar-refractivity contribution in [2.24, 2.45) is 5.92 Å². The van der Waals surface area contributed by atoms with E-state index >= 15 is 0 Å². The van der Waals surface area contributed by atoms with Crippen LogP contribution >= 0.6 is 11.6 Å². The number of nitrogens with one attached hydrogen (secondary N) is 1. The average molecular weight is 417 g/mol. The summed E-state index contributed by atoms with van der Waals surface area (Å²) < 4.78 is 38.2. The zero-order chi connectivity index (χ0) is 19.4. The number of rotatable bonds is 6. The van der Waals surface area contributed by atoms with Crippen LogP contribution in [0.5, 0.6) is 5.75 Å². The second kappa shape index (κ2) is 8.77. The molecule has 2 heterocycles. The minimum Gasteiger partial charge on any atom is -0.495 e. The third kappa shape index (κ3) is 4.74. The number of piperidine rings is 1. The van der Waals surface area contributed by atoms with E-state index in [4.69, 9.17) is 21.1 Å². The van der Waals surface area contributed by atoms with Crippen LogP contribution in [0.1, 0.15) is 25.7 Å². The molecule has 150 valence electrons. The third-order valence-corrected chi connectivity index (χ3v) is 7.15. The van der Waals surface area contributed by atoms with Gasteiger partial charge in [0.2, 0.25) is 15.9 Å². The van der Waals surface area contributed by atoms with Crippen molar-refractivity contribution in [3.05, 3.63) is 23.2 Å². The Hall–Kier alpha value is -1.35. The molecule has 0 radical (unpaired) electrons. The van der Waals surface area contributed by atoms with Crippen LogP contribution in [0.3, 0.4) is 0 Å². The van der Waals surface area contributed by atoms with Crippen molar-refractivity contribution in [1.29, 1.82) is 0 Å². The number of hydrogen-bond donors (Lipinski definition) is 1. The molecule has 9 heteroatoms. The molecule has 1 amide bonds. The van der Waals surface area contributed by atoms with E-state index in [1.165, 1.54) is 23.5 Å². The van der Waals surface area contributed by atoms with Gasteiger partial charge in [-0.05, 0) is 43.9 Å². The summed E-state index contributed by atoms with van der Waals surface area (Å²) in [6.45, 7) is 1.73. The SMILES string of the molecule is COc1ccc(Cl)cc1S(=O)(=O)N1CCC[C@@H](C(=O)NC[C@@H]2CCCO2)C1. The number of amides is 1. The molecule has 1 aromatic carbocycles. The highest BCUT2D eigenvalue weighted by Gasteiger charge is 2.35. The molecular formula is C18H25ClN2O5S. The van der Waals surface area contributed by atoms with Crippen LogP contribution in [0.25, 0.3) is 0 Å². The van der Waals surface area contributed by atoms with Gasteiger partial charge in [-0.15, -0.1) is 0 Å². The van der Waals surface area contributed by atoms with Crippen molar-refractivity contribution in [2.75, 3.05) is 33.4 Å². The standard InChI is InChI=1S/C18H25ClN2O5S/c1-25-16-7-6-14(19)10-17(16)27(23,24)21-8-2-4-13(12-21)18(22)20-11-15-5-3-9-26-15/h6-7,10,13,15H,2-5,8-9,11-12H2,1H3,(H,20,22)/t13-,15+/m1/s1. The first kappa shape index (κ1) is 20.4. The number of ether oxygens (including phenoxy) is 2. The number of sulfonamides is 1. The van der Waals surface area contributed by atoms with Gasteiger partial charge in [0.15, 0.2) is 0 Å². The number of methoxy groups -OCH3 is 1. The summed E-state index contributed by atoms with van der Waals surface area (Å²) in [5, 5.41) is 3.22. The van der Waals surface area contributed by atoms with E-state index in [1.807, 2.05) is 0 Å². The van der Waals surface area contributed by atoms with Gasteiger partial charge in [0.25, 0.3) is 0 Å². The van der Waals surface area contributed by atoms with Gasteiger partial charge < -0.3 is 14.8 Å². The van der Waals surface area contributed by atoms with Gasteiger partial charge in [-0.25, -0.2) is 8.42 Å². The van der Waals surface area contributed by atoms with Crippen molar-refractivity contribution in [3.63, 3.8) is 0 Å². The molecule has 0 spiro atoms. The highest BCUT2D eigenvalue weighted by molar-refractivity contribution is 7.89. The summed E-state index contributed by atoms with van der Waals surface area (Å²) >= 11 is 5.99. The lowest BCUT2D eigenvalue weighted by atomic mass is 9.99. The Morgan fingerprint density at radius 3 is 2.89 bits per heavy atom. The summed E-state index contributed by atoms with van der Waals surface area (Å²) in [6, 6.07) is 4.50. The van der Waals surface area contributed by atoms with Gasteiger partial charge in [-0.1, -0.05) is 11.6 Å². The van der Waals surface area contributed by atoms with Crippen molar-refractivity contribution in [3.8, 4) is 5.75 Å². The first-order chi connectivity index (χ1) is 12.9. The maximum atomic E-state index is 13.1. The van der Waals surface area contributed by atoms with Gasteiger partial charge in [-0.3, -0.25) is 4.79 Å². The van der Waals surface area contributed by atoms with Crippen LogP contribution < -0.4 is 10.1 Å². The molecule has 7 nitrogen and oxygen atoms in total. The van der Waals surface area contributed by atoms with E-state index in [-0.39, 0.29) is 35.1 Å². The normalized spacial score (nSPS) is 23.9. The fraction of sp³-hybridized carbons (Fsp3) is 0.611. The Morgan fingerprint density at radius 1 is 1.37 bits per heavy atom. The molecule has 2 aliphatic rings. The van der Waals surface area contributed by atoms with Gasteiger partial charge in [-0.2, -0.15) is 4.31 Å². The van der Waals surface area contributed by atoms with Gasteiger partial charge >= 0.3 is 0 Å². The molecule has 2 saturated heterocycles. The minimum absolute atomic E-state index is 0.0258. The van der Waals surface area contributed by atoms with Crippen molar-refractivity contribution >= 4 is 27.5 Å². The second-order valence-corrected chi connectivity index (χ2v) is 9.22. The first-order valence-electron chi connectivity index (χ1n) is 9.15. The molecule has 1 aromatic rings. The molecular weight excluding hydrogens is 392 g/mol. The smallest absolute Gasteiger partial charge is 0.246 e. The van der Waals surface area contributed by atoms with E-state index in [2.05, 4.69) is 5.32 Å². The van der Waals surface area contributed by atoms with Gasteiger partial charge in [0.1, 0.15) is 10.6 Å². The largest absolute Gasteiger partial charge is 0.495 e. The summed E-state index contributed by atoms with van der Waals surface area (Å²) in [5.74, 6) is -0.257. The lowest BCUT2D eigenvalue weighted by Gasteiger charge is -2.31. The Kier molecular flexibility index (Phi) is 6.62. The van der Waals surface area contributed by atoms with Crippen molar-refractivity contribution in [2.45, 2.75) is 36.7 Å². The fourth-order valence-electron chi connectivity index (χ4n) is 3.53. The maximum absolute atomic E-state index is 13.1. The second-order valence-electron chi connectivity index (χ2n) is 6.88. The molecule has 0 unspecified atom stereocenters.